The second kappa shape index (κ2) is 13.7. The molecular weight excluding hydrogens is 516 g/mol. The van der Waals surface area contributed by atoms with Gasteiger partial charge in [0.1, 0.15) is 5.84 Å². The Morgan fingerprint density at radius 3 is 2.41 bits per heavy atom. The summed E-state index contributed by atoms with van der Waals surface area (Å²) in [5.41, 5.74) is 0.887. The maximum Gasteiger partial charge on any atom is 0.248 e. The molecule has 0 radical (unpaired) electrons. The normalized spacial score (nSPS) is 17.2. The number of alkyl halides is 2. The molecule has 1 aromatic rings. The lowest BCUT2D eigenvalue weighted by atomic mass is 9.86. The van der Waals surface area contributed by atoms with Gasteiger partial charge in [-0.1, -0.05) is 39.0 Å². The monoisotopic (exact) mass is 557 g/mol. The van der Waals surface area contributed by atoms with Crippen LogP contribution in [0.1, 0.15) is 83.6 Å². The zero-order valence-electron chi connectivity index (χ0n) is 22.7. The number of hydrogen-bond donors (Lipinski definition) is 3. The molecule has 0 aliphatic heterocycles. The highest BCUT2D eigenvalue weighted by molar-refractivity contribution is 7.16. The van der Waals surface area contributed by atoms with Crippen molar-refractivity contribution >= 4 is 40.5 Å². The van der Waals surface area contributed by atoms with Gasteiger partial charge in [0.25, 0.3) is 0 Å². The Bertz CT molecular complexity index is 956. The minimum absolute atomic E-state index is 0.0118. The number of amidine groups is 2. The third-order valence-corrected chi connectivity index (χ3v) is 8.46. The second-order valence-electron chi connectivity index (χ2n) is 10.4. The van der Waals surface area contributed by atoms with Crippen LogP contribution < -0.4 is 5.32 Å². The standard InChI is InChI=1S/C27H42ClF2N5OS/c1-7-21(35(19(5)31)25(32)17(2)3)16-18(4)34(6)15-12-22(23-8-9-24(28)37-23)33-26(36)20-10-13-27(29,30)14-11-20/h8-9,17,20-22,31-32H,4,7,10-16H2,1-3,5-6H3,(H,33,36). The van der Waals surface area contributed by atoms with Gasteiger partial charge in [-0.05, 0) is 44.7 Å². The van der Waals surface area contributed by atoms with E-state index in [2.05, 4.69) is 23.7 Å². The SMILES string of the molecule is C=C(CC(CC)N(C(C)=N)C(=N)C(C)C)N(C)CCC(NC(=O)C1CCC(F)(F)CC1)c1ccc(Cl)s1. The molecule has 2 unspecified atom stereocenters. The van der Waals surface area contributed by atoms with Crippen molar-refractivity contribution in [2.24, 2.45) is 11.8 Å². The minimum Gasteiger partial charge on any atom is -0.378 e. The average Bonchev–Trinajstić information content (AvgIpc) is 3.26. The molecule has 1 aromatic heterocycles. The molecule has 0 saturated heterocycles. The van der Waals surface area contributed by atoms with Crippen LogP contribution in [0.4, 0.5) is 8.78 Å². The molecule has 0 bridgehead atoms. The summed E-state index contributed by atoms with van der Waals surface area (Å²) in [5.74, 6) is -2.47. The van der Waals surface area contributed by atoms with E-state index in [-0.39, 0.29) is 49.6 Å². The van der Waals surface area contributed by atoms with Crippen LogP contribution >= 0.6 is 22.9 Å². The van der Waals surface area contributed by atoms with Crippen LogP contribution in [0, 0.1) is 22.7 Å². The molecule has 0 spiro atoms. The van der Waals surface area contributed by atoms with Gasteiger partial charge >= 0.3 is 0 Å². The summed E-state index contributed by atoms with van der Waals surface area (Å²) < 4.78 is 27.8. The number of nitrogens with one attached hydrogen (secondary N) is 3. The van der Waals surface area contributed by atoms with E-state index in [0.717, 1.165) is 17.0 Å². The fraction of sp³-hybridized carbons (Fsp3) is 0.667. The molecule has 1 amide bonds. The van der Waals surface area contributed by atoms with Crippen molar-refractivity contribution in [2.75, 3.05) is 13.6 Å². The third kappa shape index (κ3) is 9.06. The minimum atomic E-state index is -2.67. The number of amides is 1. The van der Waals surface area contributed by atoms with E-state index < -0.39 is 11.8 Å². The Balaban J connectivity index is 2.04. The highest BCUT2D eigenvalue weighted by atomic mass is 35.5. The second-order valence-corrected chi connectivity index (χ2v) is 12.1. The zero-order valence-corrected chi connectivity index (χ0v) is 24.2. The predicted molar refractivity (Wildman–Crippen MR) is 150 cm³/mol. The van der Waals surface area contributed by atoms with Gasteiger partial charge in [-0.3, -0.25) is 15.6 Å². The molecule has 0 aromatic carbocycles. The van der Waals surface area contributed by atoms with Crippen molar-refractivity contribution in [1.82, 2.24) is 15.1 Å². The molecular formula is C27H42ClF2N5OS. The molecule has 2 atom stereocenters. The number of hydrogen-bond acceptors (Lipinski definition) is 5. The zero-order chi connectivity index (χ0) is 27.9. The molecule has 1 aliphatic rings. The smallest absolute Gasteiger partial charge is 0.248 e. The summed E-state index contributed by atoms with van der Waals surface area (Å²) >= 11 is 7.58. The fourth-order valence-corrected chi connectivity index (χ4v) is 5.80. The fourth-order valence-electron chi connectivity index (χ4n) is 4.65. The van der Waals surface area contributed by atoms with Crippen LogP contribution in [0.5, 0.6) is 0 Å². The van der Waals surface area contributed by atoms with Gasteiger partial charge in [-0.15, -0.1) is 11.3 Å². The summed E-state index contributed by atoms with van der Waals surface area (Å²) in [5, 5.41) is 19.8. The highest BCUT2D eigenvalue weighted by Gasteiger charge is 2.38. The molecule has 208 valence electrons. The van der Waals surface area contributed by atoms with Crippen LogP contribution in [0.25, 0.3) is 0 Å². The van der Waals surface area contributed by atoms with Crippen LogP contribution in [0.3, 0.4) is 0 Å². The first kappa shape index (κ1) is 31.2. The molecule has 6 nitrogen and oxygen atoms in total. The number of carbonyl (C=O) groups is 1. The van der Waals surface area contributed by atoms with Crippen molar-refractivity contribution in [3.63, 3.8) is 0 Å². The Hall–Kier alpha value is -2.00. The topological polar surface area (TPSA) is 83.3 Å². The van der Waals surface area contributed by atoms with Crippen LogP contribution in [0.15, 0.2) is 24.4 Å². The van der Waals surface area contributed by atoms with Gasteiger partial charge in [0.05, 0.1) is 16.2 Å². The van der Waals surface area contributed by atoms with E-state index in [1.165, 1.54) is 11.3 Å². The maximum absolute atomic E-state index is 13.6. The molecule has 37 heavy (non-hydrogen) atoms. The average molecular weight is 558 g/mol. The highest BCUT2D eigenvalue weighted by Crippen LogP contribution is 2.37. The molecule has 1 fully saturated rings. The summed E-state index contributed by atoms with van der Waals surface area (Å²) in [4.78, 5) is 17.7. The number of halogens is 3. The Kier molecular flexibility index (Phi) is 11.6. The van der Waals surface area contributed by atoms with Gasteiger partial charge in [0.2, 0.25) is 11.8 Å². The Morgan fingerprint density at radius 1 is 1.30 bits per heavy atom. The molecule has 1 aliphatic carbocycles. The summed E-state index contributed by atoms with van der Waals surface area (Å²) in [6.07, 6.45) is 1.87. The third-order valence-electron chi connectivity index (χ3n) is 7.11. The van der Waals surface area contributed by atoms with Gasteiger partial charge in [-0.2, -0.15) is 0 Å². The molecule has 10 heteroatoms. The number of nitrogens with zero attached hydrogens (tertiary/aromatic N) is 2. The van der Waals surface area contributed by atoms with Gasteiger partial charge < -0.3 is 15.1 Å². The van der Waals surface area contributed by atoms with Gasteiger partial charge in [0.15, 0.2) is 0 Å². The summed E-state index contributed by atoms with van der Waals surface area (Å²) in [7, 11) is 1.95. The number of thiophene rings is 1. The van der Waals surface area contributed by atoms with Crippen molar-refractivity contribution in [3.8, 4) is 0 Å². The molecule has 3 N–H and O–H groups in total. The van der Waals surface area contributed by atoms with Crippen LogP contribution in [-0.2, 0) is 4.79 Å². The maximum atomic E-state index is 13.6. The van der Waals surface area contributed by atoms with E-state index in [1.807, 2.05) is 27.0 Å². The first-order valence-corrected chi connectivity index (χ1v) is 14.2. The van der Waals surface area contributed by atoms with Crippen molar-refractivity contribution in [2.45, 2.75) is 90.6 Å². The molecule has 1 heterocycles. The van der Waals surface area contributed by atoms with E-state index >= 15 is 0 Å². The lowest BCUT2D eigenvalue weighted by Gasteiger charge is -2.36. The lowest BCUT2D eigenvalue weighted by molar-refractivity contribution is -0.130. The van der Waals surface area contributed by atoms with Crippen LogP contribution in [-0.4, -0.2) is 52.9 Å². The Morgan fingerprint density at radius 2 is 1.92 bits per heavy atom. The van der Waals surface area contributed by atoms with E-state index in [1.54, 1.807) is 17.9 Å². The molecule has 2 rings (SSSR count). The lowest BCUT2D eigenvalue weighted by Crippen LogP contribution is -2.45. The van der Waals surface area contributed by atoms with E-state index in [0.29, 0.717) is 35.4 Å². The first-order chi connectivity index (χ1) is 17.3. The van der Waals surface area contributed by atoms with E-state index in [9.17, 15) is 13.6 Å². The van der Waals surface area contributed by atoms with Crippen LogP contribution in [0.2, 0.25) is 4.34 Å². The Labute approximate surface area is 229 Å². The number of rotatable bonds is 12. The predicted octanol–water partition coefficient (Wildman–Crippen LogP) is 7.32. The quantitative estimate of drug-likeness (QED) is 0.186. The van der Waals surface area contributed by atoms with Gasteiger partial charge in [-0.25, -0.2) is 8.78 Å². The van der Waals surface area contributed by atoms with Crippen molar-refractivity contribution in [3.05, 3.63) is 33.6 Å². The summed E-state index contributed by atoms with van der Waals surface area (Å²) in [6.45, 7) is 12.6. The first-order valence-electron chi connectivity index (χ1n) is 13.0. The van der Waals surface area contributed by atoms with Gasteiger partial charge in [0, 0.05) is 61.3 Å². The number of carbonyl (C=O) groups excluding carboxylic acids is 1. The summed E-state index contributed by atoms with van der Waals surface area (Å²) in [6, 6.07) is 3.38. The largest absolute Gasteiger partial charge is 0.378 e. The molecule has 1 saturated carbocycles. The van der Waals surface area contributed by atoms with E-state index in [4.69, 9.17) is 22.4 Å². The van der Waals surface area contributed by atoms with Crippen molar-refractivity contribution in [1.29, 1.82) is 10.8 Å². The van der Waals surface area contributed by atoms with Crippen molar-refractivity contribution < 1.29 is 13.6 Å².